The van der Waals surface area contributed by atoms with Gasteiger partial charge in [-0.05, 0) is 36.6 Å². The monoisotopic (exact) mass is 159 g/mol. The highest BCUT2D eigenvalue weighted by atomic mass is 14.7. The van der Waals surface area contributed by atoms with Crippen LogP contribution < -0.4 is 10.6 Å². The van der Waals surface area contributed by atoms with Gasteiger partial charge >= 0.3 is 0 Å². The molecule has 2 rings (SSSR count). The van der Waals surface area contributed by atoms with E-state index in [1.165, 1.54) is 21.7 Å². The molecule has 0 amide bonds. The molecule has 12 heavy (non-hydrogen) atoms. The van der Waals surface area contributed by atoms with Gasteiger partial charge in [0.15, 0.2) is 0 Å². The van der Waals surface area contributed by atoms with Crippen LogP contribution in [-0.2, 0) is 0 Å². The lowest BCUT2D eigenvalue weighted by Crippen LogP contribution is -2.32. The van der Waals surface area contributed by atoms with E-state index in [1.807, 2.05) is 0 Å². The molecule has 0 N–H and O–H groups in total. The zero-order valence-electron chi connectivity index (χ0n) is 7.59. The predicted molar refractivity (Wildman–Crippen MR) is 50.6 cm³/mol. The highest BCUT2D eigenvalue weighted by Crippen LogP contribution is 1.94. The maximum atomic E-state index is 4.52. The summed E-state index contributed by atoms with van der Waals surface area (Å²) in [6.45, 7) is 5.23. The normalized spacial score (nSPS) is 14.5. The van der Waals surface area contributed by atoms with Crippen molar-refractivity contribution in [2.24, 2.45) is 4.99 Å². The van der Waals surface area contributed by atoms with Gasteiger partial charge in [-0.1, -0.05) is 18.2 Å². The van der Waals surface area contributed by atoms with Crippen molar-refractivity contribution in [2.75, 3.05) is 6.54 Å². The maximum absolute atomic E-state index is 4.52. The second-order valence-corrected chi connectivity index (χ2v) is 3.34. The van der Waals surface area contributed by atoms with Crippen molar-refractivity contribution in [3.8, 4) is 0 Å². The molecular weight excluding hydrogens is 146 g/mol. The molecule has 1 aromatic rings. The Morgan fingerprint density at radius 3 is 2.67 bits per heavy atom. The van der Waals surface area contributed by atoms with Crippen molar-refractivity contribution < 1.29 is 0 Å². The molecule has 0 aromatic heterocycles. The maximum Gasteiger partial charge on any atom is 0.0675 e. The van der Waals surface area contributed by atoms with E-state index < -0.39 is 0 Å². The van der Waals surface area contributed by atoms with Gasteiger partial charge in [0.05, 0.1) is 5.36 Å². The molecule has 0 radical (unpaired) electrons. The third-order valence-electron chi connectivity index (χ3n) is 2.38. The van der Waals surface area contributed by atoms with Crippen molar-refractivity contribution in [2.45, 2.75) is 20.3 Å². The second-order valence-electron chi connectivity index (χ2n) is 3.34. The fourth-order valence-electron chi connectivity index (χ4n) is 1.67. The fraction of sp³-hybridized carbons (Fsp3) is 0.364. The average Bonchev–Trinajstić information content (AvgIpc) is 2.12. The smallest absolute Gasteiger partial charge is 0.0675 e. The summed E-state index contributed by atoms with van der Waals surface area (Å²) in [5.74, 6) is 0. The van der Waals surface area contributed by atoms with Crippen LogP contribution in [0.2, 0.25) is 0 Å². The molecule has 0 atom stereocenters. The minimum absolute atomic E-state index is 0.956. The average molecular weight is 159 g/mol. The van der Waals surface area contributed by atoms with Gasteiger partial charge < -0.3 is 0 Å². The molecule has 1 aliphatic rings. The summed E-state index contributed by atoms with van der Waals surface area (Å²) < 4.78 is 0. The lowest BCUT2D eigenvalue weighted by Gasteiger charge is -2.04. The number of rotatable bonds is 0. The van der Waals surface area contributed by atoms with Gasteiger partial charge in [-0.15, -0.1) is 0 Å². The quantitative estimate of drug-likeness (QED) is 0.537. The van der Waals surface area contributed by atoms with E-state index in [4.69, 9.17) is 0 Å². The molecule has 1 nitrogen and oxygen atoms in total. The molecule has 0 saturated carbocycles. The lowest BCUT2D eigenvalue weighted by molar-refractivity contribution is 0.945. The van der Waals surface area contributed by atoms with Crippen molar-refractivity contribution >= 4 is 6.08 Å². The van der Waals surface area contributed by atoms with Crippen LogP contribution in [0, 0.1) is 13.8 Å². The molecule has 0 spiro atoms. The molecule has 0 fully saturated rings. The van der Waals surface area contributed by atoms with Crippen LogP contribution in [0.3, 0.4) is 0 Å². The molecule has 1 heterocycles. The van der Waals surface area contributed by atoms with Crippen LogP contribution in [0.1, 0.15) is 17.5 Å². The molecule has 0 unspecified atom stereocenters. The summed E-state index contributed by atoms with van der Waals surface area (Å²) >= 11 is 0. The van der Waals surface area contributed by atoms with Crippen molar-refractivity contribution in [3.63, 3.8) is 0 Å². The number of aryl methyl sites for hydroxylation is 2. The van der Waals surface area contributed by atoms with Crippen LogP contribution in [0.15, 0.2) is 17.1 Å². The topological polar surface area (TPSA) is 12.4 Å². The Kier molecular flexibility index (Phi) is 1.72. The first-order chi connectivity index (χ1) is 5.79. The third-order valence-corrected chi connectivity index (χ3v) is 2.38. The zero-order chi connectivity index (χ0) is 8.55. The zero-order valence-corrected chi connectivity index (χ0v) is 7.59. The highest BCUT2D eigenvalue weighted by Gasteiger charge is 1.99. The van der Waals surface area contributed by atoms with E-state index in [0.717, 1.165) is 13.0 Å². The van der Waals surface area contributed by atoms with E-state index in [0.29, 0.717) is 0 Å². The van der Waals surface area contributed by atoms with Gasteiger partial charge in [-0.25, -0.2) is 0 Å². The number of benzene rings is 1. The van der Waals surface area contributed by atoms with E-state index in [-0.39, 0.29) is 0 Å². The Morgan fingerprint density at radius 2 is 1.92 bits per heavy atom. The molecular formula is C11H13N. The summed E-state index contributed by atoms with van der Waals surface area (Å²) in [6, 6.07) is 4.32. The van der Waals surface area contributed by atoms with Crippen LogP contribution in [0.4, 0.5) is 0 Å². The van der Waals surface area contributed by atoms with E-state index in [9.17, 15) is 0 Å². The summed E-state index contributed by atoms with van der Waals surface area (Å²) in [4.78, 5) is 4.52. The van der Waals surface area contributed by atoms with E-state index in [1.54, 1.807) is 0 Å². The molecule has 0 bridgehead atoms. The minimum atomic E-state index is 0.956. The number of hydrogen-bond acceptors (Lipinski definition) is 1. The number of fused-ring (bicyclic) bond motifs is 1. The minimum Gasteiger partial charge on any atom is -0.284 e. The summed E-state index contributed by atoms with van der Waals surface area (Å²) in [5, 5.41) is 2.56. The molecule has 0 aliphatic carbocycles. The SMILES string of the molecule is Cc1ccc(C)c2c1=CCCN=2. The Bertz CT molecular complexity index is 374. The van der Waals surface area contributed by atoms with Gasteiger partial charge in [0.2, 0.25) is 0 Å². The van der Waals surface area contributed by atoms with Crippen LogP contribution in [-0.4, -0.2) is 6.54 Å². The lowest BCUT2D eigenvalue weighted by atomic mass is 10.1. The standard InChI is InChI=1S/C11H13N/c1-8-5-6-9(2)11-10(8)4-3-7-12-11/h4-6H,3,7H2,1-2H3. The van der Waals surface area contributed by atoms with Crippen molar-refractivity contribution in [3.05, 3.63) is 33.8 Å². The molecule has 1 heteroatoms. The Morgan fingerprint density at radius 1 is 1.17 bits per heavy atom. The number of nitrogens with zero attached hydrogens (tertiary/aromatic N) is 1. The highest BCUT2D eigenvalue weighted by molar-refractivity contribution is 5.33. The first kappa shape index (κ1) is 7.53. The second kappa shape index (κ2) is 2.74. The largest absolute Gasteiger partial charge is 0.284 e. The summed E-state index contributed by atoms with van der Waals surface area (Å²) in [6.07, 6.45) is 3.39. The van der Waals surface area contributed by atoms with Crippen molar-refractivity contribution in [1.82, 2.24) is 0 Å². The van der Waals surface area contributed by atoms with Crippen LogP contribution >= 0.6 is 0 Å². The molecule has 0 saturated heterocycles. The van der Waals surface area contributed by atoms with Gasteiger partial charge in [0, 0.05) is 6.54 Å². The summed E-state index contributed by atoms with van der Waals surface area (Å²) in [7, 11) is 0. The first-order valence-electron chi connectivity index (χ1n) is 4.40. The third kappa shape index (κ3) is 1.06. The Labute approximate surface area is 72.5 Å². The molecule has 62 valence electrons. The predicted octanol–water partition coefficient (Wildman–Crippen LogP) is 1.11. The van der Waals surface area contributed by atoms with Crippen LogP contribution in [0.5, 0.6) is 0 Å². The van der Waals surface area contributed by atoms with Gasteiger partial charge in [0.1, 0.15) is 0 Å². The summed E-state index contributed by atoms with van der Waals surface area (Å²) in [5.41, 5.74) is 2.64. The van der Waals surface area contributed by atoms with Crippen LogP contribution in [0.25, 0.3) is 6.08 Å². The Balaban J connectivity index is 2.92. The number of hydrogen-bond donors (Lipinski definition) is 0. The first-order valence-corrected chi connectivity index (χ1v) is 4.40. The van der Waals surface area contributed by atoms with E-state index in [2.05, 4.69) is 37.0 Å². The Hall–Kier alpha value is -1.11. The van der Waals surface area contributed by atoms with Gasteiger partial charge in [-0.2, -0.15) is 0 Å². The van der Waals surface area contributed by atoms with Crippen molar-refractivity contribution in [1.29, 1.82) is 0 Å². The molecule has 1 aliphatic heterocycles. The fourth-order valence-corrected chi connectivity index (χ4v) is 1.67. The van der Waals surface area contributed by atoms with Gasteiger partial charge in [-0.3, -0.25) is 4.99 Å². The van der Waals surface area contributed by atoms with Gasteiger partial charge in [0.25, 0.3) is 0 Å². The van der Waals surface area contributed by atoms with E-state index >= 15 is 0 Å². The molecule has 1 aromatic carbocycles.